The monoisotopic (exact) mass is 316 g/mol. The van der Waals surface area contributed by atoms with Crippen molar-refractivity contribution in [1.82, 2.24) is 30.8 Å². The Balaban J connectivity index is 2.29. The van der Waals surface area contributed by atoms with Crippen LogP contribution in [0.3, 0.4) is 0 Å². The number of carbonyl (C=O) groups is 1. The molecule has 0 radical (unpaired) electrons. The molecule has 0 aromatic carbocycles. The van der Waals surface area contributed by atoms with Gasteiger partial charge in [-0.1, -0.05) is 18.7 Å². The molecular formula is C12H24N6O2S. The van der Waals surface area contributed by atoms with Gasteiger partial charge in [0.25, 0.3) is 0 Å². The number of methoxy groups -OCH3 is 1. The highest BCUT2D eigenvalue weighted by atomic mass is 32.2. The molecule has 8 nitrogen and oxygen atoms in total. The molecule has 2 N–H and O–H groups in total. The van der Waals surface area contributed by atoms with Gasteiger partial charge in [-0.2, -0.15) is 0 Å². The molecule has 1 atom stereocenters. The van der Waals surface area contributed by atoms with Gasteiger partial charge in [-0.25, -0.2) is 4.68 Å². The topological polar surface area (TPSA) is 94.0 Å². The molecule has 0 saturated heterocycles. The smallest absolute Gasteiger partial charge is 0.230 e. The van der Waals surface area contributed by atoms with Crippen molar-refractivity contribution >= 4 is 17.7 Å². The molecule has 0 spiro atoms. The number of amides is 1. The SMILES string of the molecule is CCC(C)NC(=O)CSc1nnnn1CCNCCOC. The van der Waals surface area contributed by atoms with Crippen LogP contribution in [0.25, 0.3) is 0 Å². The van der Waals surface area contributed by atoms with E-state index in [4.69, 9.17) is 4.74 Å². The zero-order valence-electron chi connectivity index (χ0n) is 12.8. The molecule has 1 rings (SSSR count). The van der Waals surface area contributed by atoms with E-state index >= 15 is 0 Å². The molecule has 0 bridgehead atoms. The summed E-state index contributed by atoms with van der Waals surface area (Å²) in [6, 6.07) is 0.194. The Morgan fingerprint density at radius 3 is 3.00 bits per heavy atom. The van der Waals surface area contributed by atoms with Crippen LogP contribution in [0.2, 0.25) is 0 Å². The molecule has 1 aromatic rings. The van der Waals surface area contributed by atoms with Crippen LogP contribution in [0, 0.1) is 0 Å². The lowest BCUT2D eigenvalue weighted by atomic mass is 10.3. The number of hydrogen-bond acceptors (Lipinski definition) is 7. The van der Waals surface area contributed by atoms with Gasteiger partial charge in [-0.3, -0.25) is 4.79 Å². The van der Waals surface area contributed by atoms with Crippen molar-refractivity contribution in [2.24, 2.45) is 0 Å². The maximum Gasteiger partial charge on any atom is 0.230 e. The van der Waals surface area contributed by atoms with Crippen LogP contribution in [0.4, 0.5) is 0 Å². The third-order valence-electron chi connectivity index (χ3n) is 2.83. The predicted octanol–water partition coefficient (Wildman–Crippen LogP) is -0.0841. The molecule has 0 fully saturated rings. The van der Waals surface area contributed by atoms with Gasteiger partial charge >= 0.3 is 0 Å². The van der Waals surface area contributed by atoms with Crippen LogP contribution in [0.15, 0.2) is 5.16 Å². The molecule has 0 aliphatic heterocycles. The van der Waals surface area contributed by atoms with Crippen molar-refractivity contribution in [2.45, 2.75) is 38.0 Å². The molecule has 1 heterocycles. The highest BCUT2D eigenvalue weighted by Gasteiger charge is 2.11. The quantitative estimate of drug-likeness (QED) is 0.435. The highest BCUT2D eigenvalue weighted by molar-refractivity contribution is 7.99. The van der Waals surface area contributed by atoms with E-state index < -0.39 is 0 Å². The lowest BCUT2D eigenvalue weighted by molar-refractivity contribution is -0.119. The van der Waals surface area contributed by atoms with Gasteiger partial charge in [0.15, 0.2) is 0 Å². The second kappa shape index (κ2) is 10.5. The van der Waals surface area contributed by atoms with Crippen LogP contribution in [0.5, 0.6) is 0 Å². The van der Waals surface area contributed by atoms with E-state index in [1.165, 1.54) is 11.8 Å². The molecule has 120 valence electrons. The van der Waals surface area contributed by atoms with Crippen molar-refractivity contribution in [3.05, 3.63) is 0 Å². The lowest BCUT2D eigenvalue weighted by Crippen LogP contribution is -2.33. The first-order valence-electron chi connectivity index (χ1n) is 7.05. The summed E-state index contributed by atoms with van der Waals surface area (Å²) < 4.78 is 6.65. The van der Waals surface area contributed by atoms with Crippen LogP contribution >= 0.6 is 11.8 Å². The Morgan fingerprint density at radius 1 is 1.48 bits per heavy atom. The summed E-state index contributed by atoms with van der Waals surface area (Å²) in [6.07, 6.45) is 0.918. The maximum atomic E-state index is 11.7. The van der Waals surface area contributed by atoms with Gasteiger partial charge in [0, 0.05) is 26.2 Å². The number of ether oxygens (including phenoxy) is 1. The number of hydrogen-bond donors (Lipinski definition) is 2. The van der Waals surface area contributed by atoms with Gasteiger partial charge in [-0.15, -0.1) is 5.10 Å². The number of aromatic nitrogens is 4. The average molecular weight is 316 g/mol. The molecule has 1 amide bonds. The molecule has 21 heavy (non-hydrogen) atoms. The van der Waals surface area contributed by atoms with Crippen LogP contribution in [-0.4, -0.2) is 64.7 Å². The van der Waals surface area contributed by atoms with Crippen LogP contribution in [0.1, 0.15) is 20.3 Å². The number of nitrogens with one attached hydrogen (secondary N) is 2. The van der Waals surface area contributed by atoms with E-state index in [0.29, 0.717) is 24.1 Å². The second-order valence-corrected chi connectivity index (χ2v) is 5.54. The summed E-state index contributed by atoms with van der Waals surface area (Å²) in [6.45, 7) is 6.89. The van der Waals surface area contributed by atoms with Crippen molar-refractivity contribution in [3.8, 4) is 0 Å². The summed E-state index contributed by atoms with van der Waals surface area (Å²) in [5, 5.41) is 18.3. The summed E-state index contributed by atoms with van der Waals surface area (Å²) >= 11 is 1.34. The van der Waals surface area contributed by atoms with Crippen LogP contribution < -0.4 is 10.6 Å². The van der Waals surface area contributed by atoms with Crippen molar-refractivity contribution in [1.29, 1.82) is 0 Å². The Kier molecular flexibility index (Phi) is 8.95. The fraction of sp³-hybridized carbons (Fsp3) is 0.833. The first kappa shape index (κ1) is 17.9. The Labute approximate surface area is 129 Å². The summed E-state index contributed by atoms with van der Waals surface area (Å²) in [5.74, 6) is 0.323. The first-order chi connectivity index (χ1) is 10.2. The van der Waals surface area contributed by atoms with Gasteiger partial charge in [0.2, 0.25) is 11.1 Å². The summed E-state index contributed by atoms with van der Waals surface area (Å²) in [7, 11) is 1.67. The lowest BCUT2D eigenvalue weighted by Gasteiger charge is -2.10. The molecular weight excluding hydrogens is 292 g/mol. The average Bonchev–Trinajstić information content (AvgIpc) is 2.92. The number of thioether (sulfide) groups is 1. The second-order valence-electron chi connectivity index (χ2n) is 4.59. The van der Waals surface area contributed by atoms with E-state index in [1.54, 1.807) is 11.8 Å². The molecule has 9 heteroatoms. The zero-order valence-corrected chi connectivity index (χ0v) is 13.7. The third-order valence-corrected chi connectivity index (χ3v) is 3.79. The van der Waals surface area contributed by atoms with E-state index in [0.717, 1.165) is 19.5 Å². The molecule has 1 unspecified atom stereocenters. The number of rotatable bonds is 11. The largest absolute Gasteiger partial charge is 0.383 e. The highest BCUT2D eigenvalue weighted by Crippen LogP contribution is 2.12. The van der Waals surface area contributed by atoms with E-state index in [-0.39, 0.29) is 11.9 Å². The van der Waals surface area contributed by atoms with Gasteiger partial charge < -0.3 is 15.4 Å². The minimum absolute atomic E-state index is 0.00196. The minimum Gasteiger partial charge on any atom is -0.383 e. The summed E-state index contributed by atoms with van der Waals surface area (Å²) in [4.78, 5) is 11.7. The summed E-state index contributed by atoms with van der Waals surface area (Å²) in [5.41, 5.74) is 0. The molecule has 1 aromatic heterocycles. The van der Waals surface area contributed by atoms with E-state index in [2.05, 4.69) is 26.2 Å². The Bertz CT molecular complexity index is 414. The Hall–Kier alpha value is -1.19. The first-order valence-corrected chi connectivity index (χ1v) is 8.03. The van der Waals surface area contributed by atoms with Crippen molar-refractivity contribution < 1.29 is 9.53 Å². The Morgan fingerprint density at radius 2 is 2.29 bits per heavy atom. The number of nitrogens with zero attached hydrogens (tertiary/aromatic N) is 4. The standard InChI is InChI=1S/C12H24N6O2S/c1-4-10(2)14-11(19)9-21-12-15-16-17-18(12)7-5-13-6-8-20-3/h10,13H,4-9H2,1-3H3,(H,14,19). The van der Waals surface area contributed by atoms with Crippen molar-refractivity contribution in [3.63, 3.8) is 0 Å². The minimum atomic E-state index is 0.00196. The van der Waals surface area contributed by atoms with Gasteiger partial charge in [0.1, 0.15) is 0 Å². The van der Waals surface area contributed by atoms with E-state index in [9.17, 15) is 4.79 Å². The normalized spacial score (nSPS) is 12.3. The molecule has 0 aliphatic carbocycles. The predicted molar refractivity (Wildman–Crippen MR) is 81.2 cm³/mol. The number of carbonyl (C=O) groups excluding carboxylic acids is 1. The molecule has 0 saturated carbocycles. The number of tetrazole rings is 1. The third kappa shape index (κ3) is 7.39. The fourth-order valence-electron chi connectivity index (χ4n) is 1.47. The van der Waals surface area contributed by atoms with Gasteiger partial charge in [-0.05, 0) is 23.8 Å². The van der Waals surface area contributed by atoms with E-state index in [1.807, 2.05) is 13.8 Å². The van der Waals surface area contributed by atoms with Crippen LogP contribution in [-0.2, 0) is 16.1 Å². The van der Waals surface area contributed by atoms with Gasteiger partial charge in [0.05, 0.1) is 18.9 Å². The fourth-order valence-corrected chi connectivity index (χ4v) is 2.19. The maximum absolute atomic E-state index is 11.7. The molecule has 0 aliphatic rings. The zero-order chi connectivity index (χ0) is 15.5. The van der Waals surface area contributed by atoms with Crippen molar-refractivity contribution in [2.75, 3.05) is 32.6 Å².